The lowest BCUT2D eigenvalue weighted by Crippen LogP contribution is -2.49. The first-order chi connectivity index (χ1) is 19.8. The van der Waals surface area contributed by atoms with Crippen LogP contribution in [-0.2, 0) is 33.3 Å². The first-order valence-electron chi connectivity index (χ1n) is 12.9. The maximum Gasteiger partial charge on any atom is 0.338 e. The highest BCUT2D eigenvalue weighted by molar-refractivity contribution is 5.90. The number of rotatable bonds is 13. The molecular formula is C31H30O10. The topological polar surface area (TPSA) is 132 Å². The third kappa shape index (κ3) is 9.61. The van der Waals surface area contributed by atoms with E-state index in [2.05, 4.69) is 0 Å². The highest BCUT2D eigenvalue weighted by Crippen LogP contribution is 2.19. The van der Waals surface area contributed by atoms with Crippen molar-refractivity contribution in [1.29, 1.82) is 0 Å². The van der Waals surface area contributed by atoms with Gasteiger partial charge in [0.1, 0.15) is 13.2 Å². The number of hydrogen-bond acceptors (Lipinski definition) is 10. The predicted octanol–water partition coefficient (Wildman–Crippen LogP) is 4.18. The second kappa shape index (κ2) is 15.6. The van der Waals surface area contributed by atoms with E-state index in [4.69, 9.17) is 23.7 Å². The number of carbonyl (C=O) groups is 5. The maximum atomic E-state index is 13.1. The van der Waals surface area contributed by atoms with Gasteiger partial charge in [-0.15, -0.1) is 0 Å². The Bertz CT molecular complexity index is 1310. The van der Waals surface area contributed by atoms with Gasteiger partial charge in [-0.2, -0.15) is 0 Å². The van der Waals surface area contributed by atoms with E-state index in [1.807, 2.05) is 0 Å². The van der Waals surface area contributed by atoms with E-state index >= 15 is 0 Å². The Labute approximate surface area is 237 Å². The van der Waals surface area contributed by atoms with Crippen LogP contribution in [0.25, 0.3) is 0 Å². The monoisotopic (exact) mass is 562 g/mol. The molecule has 214 valence electrons. The molecule has 0 N–H and O–H groups in total. The zero-order valence-electron chi connectivity index (χ0n) is 22.6. The van der Waals surface area contributed by atoms with Crippen LogP contribution in [-0.4, -0.2) is 61.4 Å². The second-order valence-corrected chi connectivity index (χ2v) is 8.69. The third-order valence-corrected chi connectivity index (χ3v) is 5.65. The van der Waals surface area contributed by atoms with Gasteiger partial charge in [0.05, 0.1) is 16.7 Å². The van der Waals surface area contributed by atoms with Crippen molar-refractivity contribution in [2.75, 3.05) is 13.2 Å². The van der Waals surface area contributed by atoms with Crippen molar-refractivity contribution < 1.29 is 47.7 Å². The quantitative estimate of drug-likeness (QED) is 0.221. The van der Waals surface area contributed by atoms with Gasteiger partial charge in [0.15, 0.2) is 18.3 Å². The Morgan fingerprint density at radius 1 is 0.561 bits per heavy atom. The van der Waals surface area contributed by atoms with E-state index < -0.39 is 61.4 Å². The fourth-order valence-electron chi connectivity index (χ4n) is 3.65. The number of ether oxygens (including phenoxy) is 5. The Balaban J connectivity index is 1.92. The molecule has 0 radical (unpaired) electrons. The zero-order valence-corrected chi connectivity index (χ0v) is 22.6. The molecule has 10 nitrogen and oxygen atoms in total. The molecule has 10 heteroatoms. The van der Waals surface area contributed by atoms with E-state index in [-0.39, 0.29) is 23.1 Å². The SMILES string of the molecule is CCC(=O)OC(COC(=O)c1ccccc1)C(OC(=O)c1ccccc1)C(COC(=O)c1ccccc1)OC(C)=O. The van der Waals surface area contributed by atoms with Crippen LogP contribution in [0, 0.1) is 0 Å². The summed E-state index contributed by atoms with van der Waals surface area (Å²) in [5.74, 6) is -3.78. The van der Waals surface area contributed by atoms with Gasteiger partial charge in [-0.3, -0.25) is 9.59 Å². The van der Waals surface area contributed by atoms with Gasteiger partial charge in [0.25, 0.3) is 0 Å². The Morgan fingerprint density at radius 2 is 0.951 bits per heavy atom. The van der Waals surface area contributed by atoms with Gasteiger partial charge < -0.3 is 23.7 Å². The van der Waals surface area contributed by atoms with Gasteiger partial charge >= 0.3 is 29.8 Å². The third-order valence-electron chi connectivity index (χ3n) is 5.65. The lowest BCUT2D eigenvalue weighted by Gasteiger charge is -2.32. The molecular weight excluding hydrogens is 532 g/mol. The first-order valence-corrected chi connectivity index (χ1v) is 12.9. The molecule has 0 aliphatic heterocycles. The average Bonchev–Trinajstić information content (AvgIpc) is 3.00. The minimum atomic E-state index is -1.53. The molecule has 3 unspecified atom stereocenters. The number of hydrogen-bond donors (Lipinski definition) is 0. The second-order valence-electron chi connectivity index (χ2n) is 8.69. The van der Waals surface area contributed by atoms with E-state index in [1.165, 1.54) is 36.4 Å². The van der Waals surface area contributed by atoms with E-state index in [1.54, 1.807) is 61.5 Å². The Morgan fingerprint density at radius 3 is 1.34 bits per heavy atom. The standard InChI is InChI=1S/C31H30O10/c1-3-27(33)40-26(20-38-30(35)23-15-9-5-10-16-23)28(41-31(36)24-17-11-6-12-18-24)25(39-21(2)32)19-37-29(34)22-13-7-4-8-14-22/h4-18,25-26,28H,3,19-20H2,1-2H3. The first kappa shape index (κ1) is 30.6. The van der Waals surface area contributed by atoms with Gasteiger partial charge in [-0.1, -0.05) is 61.5 Å². The smallest absolute Gasteiger partial charge is 0.338 e. The molecule has 3 aromatic rings. The zero-order chi connectivity index (χ0) is 29.6. The van der Waals surface area contributed by atoms with Crippen molar-refractivity contribution in [3.63, 3.8) is 0 Å². The number of esters is 5. The van der Waals surface area contributed by atoms with Gasteiger partial charge in [0.2, 0.25) is 0 Å². The molecule has 0 heterocycles. The van der Waals surface area contributed by atoms with Crippen LogP contribution in [0.3, 0.4) is 0 Å². The predicted molar refractivity (Wildman–Crippen MR) is 145 cm³/mol. The van der Waals surface area contributed by atoms with Crippen molar-refractivity contribution in [3.05, 3.63) is 108 Å². The van der Waals surface area contributed by atoms with Gasteiger partial charge in [-0.25, -0.2) is 14.4 Å². The normalized spacial score (nSPS) is 12.6. The molecule has 0 bridgehead atoms. The number of benzene rings is 3. The van der Waals surface area contributed by atoms with Gasteiger partial charge in [-0.05, 0) is 36.4 Å². The summed E-state index contributed by atoms with van der Waals surface area (Å²) in [6.45, 7) is 1.54. The number of carbonyl (C=O) groups excluding carboxylic acids is 5. The average molecular weight is 563 g/mol. The van der Waals surface area contributed by atoms with E-state index in [0.29, 0.717) is 0 Å². The van der Waals surface area contributed by atoms with Crippen LogP contribution in [0.2, 0.25) is 0 Å². The fraction of sp³-hybridized carbons (Fsp3) is 0.258. The summed E-state index contributed by atoms with van der Waals surface area (Å²) in [7, 11) is 0. The lowest BCUT2D eigenvalue weighted by molar-refractivity contribution is -0.176. The minimum Gasteiger partial charge on any atom is -0.458 e. The van der Waals surface area contributed by atoms with Crippen molar-refractivity contribution in [1.82, 2.24) is 0 Å². The van der Waals surface area contributed by atoms with Crippen molar-refractivity contribution in [2.45, 2.75) is 38.6 Å². The van der Waals surface area contributed by atoms with Crippen LogP contribution >= 0.6 is 0 Å². The van der Waals surface area contributed by atoms with Crippen LogP contribution in [0.4, 0.5) is 0 Å². The molecule has 0 saturated carbocycles. The highest BCUT2D eigenvalue weighted by Gasteiger charge is 2.40. The summed E-state index contributed by atoms with van der Waals surface area (Å²) in [4.78, 5) is 62.9. The van der Waals surface area contributed by atoms with Crippen molar-refractivity contribution in [3.8, 4) is 0 Å². The molecule has 0 aliphatic carbocycles. The molecule has 3 atom stereocenters. The molecule has 3 aromatic carbocycles. The molecule has 0 amide bonds. The summed E-state index contributed by atoms with van der Waals surface area (Å²) < 4.78 is 27.4. The maximum absolute atomic E-state index is 13.1. The van der Waals surface area contributed by atoms with Crippen molar-refractivity contribution in [2.24, 2.45) is 0 Å². The summed E-state index contributed by atoms with van der Waals surface area (Å²) in [5, 5.41) is 0. The summed E-state index contributed by atoms with van der Waals surface area (Å²) in [6, 6.07) is 24.1. The minimum absolute atomic E-state index is 0.0519. The Hall–Kier alpha value is -4.99. The van der Waals surface area contributed by atoms with E-state index in [9.17, 15) is 24.0 Å². The summed E-state index contributed by atoms with van der Waals surface area (Å²) in [5.41, 5.74) is 0.624. The lowest BCUT2D eigenvalue weighted by atomic mass is 10.1. The van der Waals surface area contributed by atoms with Crippen molar-refractivity contribution >= 4 is 29.8 Å². The molecule has 3 rings (SSSR count). The van der Waals surface area contributed by atoms with Gasteiger partial charge in [0, 0.05) is 13.3 Å². The largest absolute Gasteiger partial charge is 0.458 e. The van der Waals surface area contributed by atoms with Crippen LogP contribution in [0.5, 0.6) is 0 Å². The van der Waals surface area contributed by atoms with Crippen LogP contribution < -0.4 is 0 Å². The molecule has 0 saturated heterocycles. The van der Waals surface area contributed by atoms with E-state index in [0.717, 1.165) is 6.92 Å². The molecule has 0 fully saturated rings. The van der Waals surface area contributed by atoms with Crippen LogP contribution in [0.15, 0.2) is 91.0 Å². The molecule has 0 spiro atoms. The molecule has 0 aromatic heterocycles. The fourth-order valence-corrected chi connectivity index (χ4v) is 3.65. The molecule has 41 heavy (non-hydrogen) atoms. The highest BCUT2D eigenvalue weighted by atomic mass is 16.6. The summed E-state index contributed by atoms with van der Waals surface area (Å²) >= 11 is 0. The van der Waals surface area contributed by atoms with Crippen LogP contribution in [0.1, 0.15) is 51.3 Å². The molecule has 0 aliphatic rings. The summed E-state index contributed by atoms with van der Waals surface area (Å²) in [6.07, 6.45) is -4.45. The Kier molecular flexibility index (Phi) is 11.6.